The minimum atomic E-state index is -0.555. The van der Waals surface area contributed by atoms with Crippen LogP contribution in [-0.4, -0.2) is 53.1 Å². The predicted molar refractivity (Wildman–Crippen MR) is 82.1 cm³/mol. The highest BCUT2D eigenvalue weighted by molar-refractivity contribution is 5.28. The highest BCUT2D eigenvalue weighted by Crippen LogP contribution is 2.21. The van der Waals surface area contributed by atoms with Gasteiger partial charge in [-0.15, -0.1) is 0 Å². The molecule has 0 spiro atoms. The summed E-state index contributed by atoms with van der Waals surface area (Å²) in [4.78, 5) is 2.17. The third-order valence-electron chi connectivity index (χ3n) is 3.98. The molecule has 2 rings (SSSR count). The van der Waals surface area contributed by atoms with Crippen LogP contribution >= 0.6 is 0 Å². The Morgan fingerprint density at radius 1 is 1.38 bits per heavy atom. The first kappa shape index (κ1) is 16.2. The molecule has 4 N–H and O–H groups in total. The Balaban J connectivity index is 1.73. The Kier molecular flexibility index (Phi) is 5.58. The first-order chi connectivity index (χ1) is 9.98. The van der Waals surface area contributed by atoms with E-state index in [1.54, 1.807) is 0 Å². The fraction of sp³-hybridized carbons (Fsp3) is 0.625. The van der Waals surface area contributed by atoms with E-state index in [0.29, 0.717) is 13.1 Å². The van der Waals surface area contributed by atoms with Gasteiger partial charge in [0.05, 0.1) is 5.60 Å². The maximum absolute atomic E-state index is 10.1. The second-order valence-corrected chi connectivity index (χ2v) is 6.11. The summed E-state index contributed by atoms with van der Waals surface area (Å²) >= 11 is 0. The second-order valence-electron chi connectivity index (χ2n) is 6.11. The van der Waals surface area contributed by atoms with Crippen LogP contribution in [0.2, 0.25) is 0 Å². The van der Waals surface area contributed by atoms with Crippen molar-refractivity contribution in [3.05, 3.63) is 29.8 Å². The van der Waals surface area contributed by atoms with Crippen LogP contribution in [0.25, 0.3) is 0 Å². The van der Waals surface area contributed by atoms with E-state index in [1.807, 2.05) is 31.2 Å². The fourth-order valence-electron chi connectivity index (χ4n) is 2.52. The van der Waals surface area contributed by atoms with E-state index in [0.717, 1.165) is 37.2 Å². The molecular formula is C16H26N2O3. The maximum atomic E-state index is 10.1. The summed E-state index contributed by atoms with van der Waals surface area (Å²) in [5.41, 5.74) is 6.05. The van der Waals surface area contributed by atoms with Gasteiger partial charge in [0, 0.05) is 26.2 Å². The van der Waals surface area contributed by atoms with Crippen molar-refractivity contribution < 1.29 is 14.9 Å². The number of likely N-dealkylation sites (tertiary alicyclic amines) is 1. The molecule has 0 bridgehead atoms. The lowest BCUT2D eigenvalue weighted by Gasteiger charge is -2.36. The van der Waals surface area contributed by atoms with E-state index in [-0.39, 0.29) is 6.61 Å². The minimum absolute atomic E-state index is 0.265. The lowest BCUT2D eigenvalue weighted by Crippen LogP contribution is -2.45. The van der Waals surface area contributed by atoms with Gasteiger partial charge in [-0.3, -0.25) is 0 Å². The third-order valence-corrected chi connectivity index (χ3v) is 3.98. The Morgan fingerprint density at radius 2 is 2.10 bits per heavy atom. The third kappa shape index (κ3) is 5.28. The molecule has 21 heavy (non-hydrogen) atoms. The number of nitrogens with zero attached hydrogens (tertiary/aromatic N) is 1. The maximum Gasteiger partial charge on any atom is 0.119 e. The van der Waals surface area contributed by atoms with Gasteiger partial charge in [-0.25, -0.2) is 0 Å². The van der Waals surface area contributed by atoms with Gasteiger partial charge in [0.15, 0.2) is 0 Å². The summed E-state index contributed by atoms with van der Waals surface area (Å²) in [5, 5.41) is 20.0. The minimum Gasteiger partial charge on any atom is -0.491 e. The number of hydrogen-bond acceptors (Lipinski definition) is 5. The molecular weight excluding hydrogens is 268 g/mol. The van der Waals surface area contributed by atoms with Crippen LogP contribution < -0.4 is 10.5 Å². The van der Waals surface area contributed by atoms with Gasteiger partial charge in [-0.05, 0) is 37.5 Å². The molecule has 0 aliphatic carbocycles. The van der Waals surface area contributed by atoms with Crippen LogP contribution in [0.4, 0.5) is 0 Å². The topological polar surface area (TPSA) is 79.0 Å². The molecule has 1 aromatic rings. The molecule has 1 fully saturated rings. The summed E-state index contributed by atoms with van der Waals surface area (Å²) in [6.45, 7) is 4.81. The first-order valence-electron chi connectivity index (χ1n) is 7.53. The van der Waals surface area contributed by atoms with Gasteiger partial charge < -0.3 is 25.6 Å². The molecule has 0 amide bonds. The zero-order chi connectivity index (χ0) is 15.3. The van der Waals surface area contributed by atoms with Crippen molar-refractivity contribution in [2.75, 3.05) is 26.2 Å². The quantitative estimate of drug-likeness (QED) is 0.721. The molecule has 1 aliphatic heterocycles. The Hall–Kier alpha value is -1.14. The molecule has 1 saturated heterocycles. The van der Waals surface area contributed by atoms with Crippen molar-refractivity contribution in [1.29, 1.82) is 0 Å². The van der Waals surface area contributed by atoms with Crippen LogP contribution in [0.3, 0.4) is 0 Å². The fourth-order valence-corrected chi connectivity index (χ4v) is 2.52. The highest BCUT2D eigenvalue weighted by Gasteiger charge is 2.28. The van der Waals surface area contributed by atoms with Crippen LogP contribution in [0.1, 0.15) is 25.3 Å². The number of β-amino-alcohol motifs (C(OH)–C–C–N with tert-alkyl or cyclic N) is 1. The van der Waals surface area contributed by atoms with Crippen molar-refractivity contribution in [3.8, 4) is 5.75 Å². The Labute approximate surface area is 126 Å². The van der Waals surface area contributed by atoms with Gasteiger partial charge in [0.2, 0.25) is 0 Å². The van der Waals surface area contributed by atoms with E-state index in [4.69, 9.17) is 10.5 Å². The molecule has 118 valence electrons. The van der Waals surface area contributed by atoms with Crippen LogP contribution in [0, 0.1) is 0 Å². The normalized spacial score (nSPS) is 20.2. The number of hydrogen-bond donors (Lipinski definition) is 3. The molecule has 5 heteroatoms. The number of piperidine rings is 1. The van der Waals surface area contributed by atoms with E-state index in [2.05, 4.69) is 4.90 Å². The van der Waals surface area contributed by atoms with Gasteiger partial charge in [0.1, 0.15) is 18.5 Å². The summed E-state index contributed by atoms with van der Waals surface area (Å²) in [7, 11) is 0. The molecule has 1 heterocycles. The number of nitrogens with two attached hydrogens (primary N) is 1. The van der Waals surface area contributed by atoms with Gasteiger partial charge in [-0.1, -0.05) is 12.1 Å². The van der Waals surface area contributed by atoms with Crippen molar-refractivity contribution >= 4 is 0 Å². The lowest BCUT2D eigenvalue weighted by molar-refractivity contribution is -0.0201. The number of ether oxygens (including phenoxy) is 1. The van der Waals surface area contributed by atoms with Crippen LogP contribution in [-0.2, 0) is 6.54 Å². The molecule has 1 aliphatic rings. The molecule has 0 radical (unpaired) electrons. The SMILES string of the molecule is CC1(O)CCN(CC(O)COc2cccc(CN)c2)CC1. The van der Waals surface area contributed by atoms with Crippen LogP contribution in [0.5, 0.6) is 5.75 Å². The molecule has 1 atom stereocenters. The van der Waals surface area contributed by atoms with Gasteiger partial charge >= 0.3 is 0 Å². The monoisotopic (exact) mass is 294 g/mol. The number of rotatable bonds is 6. The Bertz CT molecular complexity index is 441. The van der Waals surface area contributed by atoms with Crippen molar-refractivity contribution in [1.82, 2.24) is 4.90 Å². The second kappa shape index (κ2) is 7.22. The summed E-state index contributed by atoms with van der Waals surface area (Å²) in [6, 6.07) is 7.61. The highest BCUT2D eigenvalue weighted by atomic mass is 16.5. The summed E-state index contributed by atoms with van der Waals surface area (Å²) in [6.07, 6.45) is 0.965. The lowest BCUT2D eigenvalue weighted by atomic mass is 9.94. The molecule has 1 unspecified atom stereocenters. The zero-order valence-corrected chi connectivity index (χ0v) is 12.7. The molecule has 1 aromatic carbocycles. The Morgan fingerprint density at radius 3 is 2.76 bits per heavy atom. The first-order valence-corrected chi connectivity index (χ1v) is 7.53. The number of benzene rings is 1. The summed E-state index contributed by atoms with van der Waals surface area (Å²) in [5.74, 6) is 0.735. The van der Waals surface area contributed by atoms with E-state index < -0.39 is 11.7 Å². The zero-order valence-electron chi connectivity index (χ0n) is 12.7. The molecule has 0 saturated carbocycles. The van der Waals surface area contributed by atoms with Gasteiger partial charge in [0.25, 0.3) is 0 Å². The van der Waals surface area contributed by atoms with E-state index >= 15 is 0 Å². The average Bonchev–Trinajstić information content (AvgIpc) is 2.48. The van der Waals surface area contributed by atoms with Crippen LogP contribution in [0.15, 0.2) is 24.3 Å². The molecule has 0 aromatic heterocycles. The average molecular weight is 294 g/mol. The van der Waals surface area contributed by atoms with Crippen molar-refractivity contribution in [2.45, 2.75) is 38.0 Å². The van der Waals surface area contributed by atoms with Crippen molar-refractivity contribution in [2.24, 2.45) is 5.73 Å². The molecule has 5 nitrogen and oxygen atoms in total. The smallest absolute Gasteiger partial charge is 0.119 e. The number of aliphatic hydroxyl groups excluding tert-OH is 1. The predicted octanol–water partition coefficient (Wildman–Crippen LogP) is 0.732. The van der Waals surface area contributed by atoms with Crippen molar-refractivity contribution in [3.63, 3.8) is 0 Å². The largest absolute Gasteiger partial charge is 0.491 e. The standard InChI is InChI=1S/C16H26N2O3/c1-16(20)5-7-18(8-6-16)11-14(19)12-21-15-4-2-3-13(9-15)10-17/h2-4,9,14,19-20H,5-8,10-12,17H2,1H3. The number of aliphatic hydroxyl groups is 2. The summed E-state index contributed by atoms with van der Waals surface area (Å²) < 4.78 is 5.61. The van der Waals surface area contributed by atoms with Gasteiger partial charge in [-0.2, -0.15) is 0 Å². The van der Waals surface area contributed by atoms with E-state index in [9.17, 15) is 10.2 Å². The van der Waals surface area contributed by atoms with E-state index in [1.165, 1.54) is 0 Å².